The quantitative estimate of drug-likeness (QED) is 0.121. The van der Waals surface area contributed by atoms with Gasteiger partial charge in [-0.05, 0) is 32.0 Å². The van der Waals surface area contributed by atoms with E-state index in [0.717, 1.165) is 18.2 Å². The highest BCUT2D eigenvalue weighted by molar-refractivity contribution is 5.73. The molecule has 0 heterocycles. The van der Waals surface area contributed by atoms with E-state index in [9.17, 15) is 60.7 Å². The summed E-state index contributed by atoms with van der Waals surface area (Å²) in [6.07, 6.45) is 0. The van der Waals surface area contributed by atoms with Gasteiger partial charge in [0.15, 0.2) is 0 Å². The third-order valence-electron chi connectivity index (χ3n) is 6.99. The monoisotopic (exact) mass is 568 g/mol. The van der Waals surface area contributed by atoms with Gasteiger partial charge in [0, 0.05) is 41.4 Å². The summed E-state index contributed by atoms with van der Waals surface area (Å²) in [6.45, 7) is -0.907. The van der Waals surface area contributed by atoms with E-state index in [2.05, 4.69) is 0 Å². The van der Waals surface area contributed by atoms with Crippen LogP contribution in [0.2, 0.25) is 0 Å². The lowest BCUT2D eigenvalue weighted by atomic mass is 9.98. The van der Waals surface area contributed by atoms with Crippen LogP contribution in [-0.2, 0) is 35.9 Å². The van der Waals surface area contributed by atoms with E-state index in [1.807, 2.05) is 0 Å². The van der Waals surface area contributed by atoms with Crippen LogP contribution in [0.5, 0.6) is 23.0 Å². The van der Waals surface area contributed by atoms with Crippen molar-refractivity contribution in [1.82, 2.24) is 9.80 Å². The van der Waals surface area contributed by atoms with E-state index in [4.69, 9.17) is 0 Å². The first-order valence-electron chi connectivity index (χ1n) is 12.3. The smallest absolute Gasteiger partial charge is 0.320 e. The SMILES string of the molecule is CC(C(=O)O)N(Cc1cc(O)c(CO)cc1O)[C@H](CO)C(CO)N(Cc1cc(CO)c(O)cc1O)[C@H](C)C(=O)O. The van der Waals surface area contributed by atoms with Crippen molar-refractivity contribution in [1.29, 1.82) is 0 Å². The number of nitrogens with zero attached hydrogens (tertiary/aromatic N) is 2. The Morgan fingerprint density at radius 3 is 1.32 bits per heavy atom. The van der Waals surface area contributed by atoms with Gasteiger partial charge >= 0.3 is 11.9 Å². The molecule has 14 heteroatoms. The molecule has 0 saturated carbocycles. The van der Waals surface area contributed by atoms with Crippen LogP contribution in [0.15, 0.2) is 24.3 Å². The van der Waals surface area contributed by atoms with Crippen molar-refractivity contribution in [2.75, 3.05) is 13.2 Å². The number of phenols is 4. The van der Waals surface area contributed by atoms with Gasteiger partial charge in [-0.15, -0.1) is 0 Å². The predicted octanol–water partition coefficient (Wildman–Crippen LogP) is -0.534. The van der Waals surface area contributed by atoms with Crippen LogP contribution < -0.4 is 0 Å². The van der Waals surface area contributed by atoms with Crippen LogP contribution in [0, 0.1) is 0 Å². The molecule has 2 aromatic rings. The van der Waals surface area contributed by atoms with Gasteiger partial charge in [-0.25, -0.2) is 0 Å². The predicted molar refractivity (Wildman–Crippen MR) is 138 cm³/mol. The average molecular weight is 569 g/mol. The molecule has 0 radical (unpaired) electrons. The van der Waals surface area contributed by atoms with Crippen molar-refractivity contribution in [2.24, 2.45) is 0 Å². The fourth-order valence-electron chi connectivity index (χ4n) is 4.50. The van der Waals surface area contributed by atoms with Gasteiger partial charge < -0.3 is 51.1 Å². The highest BCUT2D eigenvalue weighted by atomic mass is 16.4. The number of hydrogen-bond donors (Lipinski definition) is 10. The van der Waals surface area contributed by atoms with Crippen molar-refractivity contribution in [3.05, 3.63) is 46.5 Å². The Balaban J connectivity index is 2.63. The number of aliphatic carboxylic acids is 2. The maximum atomic E-state index is 12.1. The standard InChI is InChI=1S/C26H36N2O12/c1-13(25(37)38)27(7-15-3-17(9-29)24(36)6-23(15)35)19(11-31)20(12-32)28(14(2)26(39)40)8-16-4-22(34)18(10-30)5-21(16)33/h3-6,13-14,19-20,29-36H,7-12H2,1-2H3,(H,37,38)(H,39,40)/t13-,14?,19?,20-/m1/s1. The van der Waals surface area contributed by atoms with Crippen molar-refractivity contribution < 1.29 is 60.7 Å². The molecular weight excluding hydrogens is 532 g/mol. The first-order valence-corrected chi connectivity index (χ1v) is 12.3. The maximum Gasteiger partial charge on any atom is 0.320 e. The van der Waals surface area contributed by atoms with Crippen LogP contribution in [0.1, 0.15) is 36.1 Å². The third-order valence-corrected chi connectivity index (χ3v) is 6.99. The van der Waals surface area contributed by atoms with E-state index >= 15 is 0 Å². The van der Waals surface area contributed by atoms with Crippen molar-refractivity contribution in [3.63, 3.8) is 0 Å². The van der Waals surface area contributed by atoms with Gasteiger partial charge in [-0.1, -0.05) is 0 Å². The van der Waals surface area contributed by atoms with Gasteiger partial charge in [-0.3, -0.25) is 19.4 Å². The molecule has 40 heavy (non-hydrogen) atoms. The Morgan fingerprint density at radius 2 is 0.925 bits per heavy atom. The van der Waals surface area contributed by atoms with Crippen LogP contribution >= 0.6 is 0 Å². The zero-order chi connectivity index (χ0) is 30.3. The first kappa shape index (κ1) is 32.6. The topological polar surface area (TPSA) is 243 Å². The number of aliphatic hydroxyl groups excluding tert-OH is 4. The van der Waals surface area contributed by atoms with E-state index < -0.39 is 74.0 Å². The molecule has 0 amide bonds. The van der Waals surface area contributed by atoms with E-state index in [1.165, 1.54) is 29.7 Å². The number of carboxylic acids is 2. The molecule has 0 spiro atoms. The van der Waals surface area contributed by atoms with Crippen molar-refractivity contribution in [2.45, 2.75) is 64.3 Å². The van der Waals surface area contributed by atoms with Gasteiger partial charge in [0.25, 0.3) is 0 Å². The number of carbonyl (C=O) groups is 2. The molecule has 0 aromatic heterocycles. The number of hydrogen-bond acceptors (Lipinski definition) is 12. The average Bonchev–Trinajstić information content (AvgIpc) is 2.91. The fourth-order valence-corrected chi connectivity index (χ4v) is 4.50. The lowest BCUT2D eigenvalue weighted by Crippen LogP contribution is -2.60. The van der Waals surface area contributed by atoms with E-state index in [-0.39, 0.29) is 46.8 Å². The molecule has 0 aliphatic carbocycles. The third kappa shape index (κ3) is 7.29. The number of aromatic hydroxyl groups is 4. The minimum Gasteiger partial charge on any atom is -0.508 e. The normalized spacial score (nSPS) is 14.7. The van der Waals surface area contributed by atoms with E-state index in [0.29, 0.717) is 0 Å². The highest BCUT2D eigenvalue weighted by Gasteiger charge is 2.39. The Bertz CT molecular complexity index is 1190. The molecule has 222 valence electrons. The molecule has 0 aliphatic rings. The largest absolute Gasteiger partial charge is 0.508 e. The Kier molecular flexibility index (Phi) is 11.5. The second-order valence-electron chi connectivity index (χ2n) is 9.41. The zero-order valence-corrected chi connectivity index (χ0v) is 22.0. The van der Waals surface area contributed by atoms with Crippen LogP contribution in [0.25, 0.3) is 0 Å². The number of rotatable bonds is 15. The van der Waals surface area contributed by atoms with Gasteiger partial charge in [0.05, 0.1) is 38.5 Å². The lowest BCUT2D eigenvalue weighted by Gasteiger charge is -2.44. The summed E-state index contributed by atoms with van der Waals surface area (Å²) in [5.41, 5.74) is 0.158. The minimum absolute atomic E-state index is 0.0171. The first-order chi connectivity index (χ1) is 18.8. The summed E-state index contributed by atoms with van der Waals surface area (Å²) < 4.78 is 0. The number of aliphatic hydroxyl groups is 4. The summed E-state index contributed by atoms with van der Waals surface area (Å²) in [5, 5.41) is 100. The molecule has 0 fully saturated rings. The second kappa shape index (κ2) is 14.1. The number of benzene rings is 2. The van der Waals surface area contributed by atoms with Gasteiger partial charge in [-0.2, -0.15) is 0 Å². The summed E-state index contributed by atoms with van der Waals surface area (Å²) in [4.78, 5) is 26.5. The Morgan fingerprint density at radius 1 is 0.600 bits per heavy atom. The number of carboxylic acid groups (broad SMARTS) is 2. The molecule has 10 N–H and O–H groups in total. The van der Waals surface area contributed by atoms with Gasteiger partial charge in [0.1, 0.15) is 35.1 Å². The van der Waals surface area contributed by atoms with Crippen LogP contribution in [0.4, 0.5) is 0 Å². The minimum atomic E-state index is -1.35. The summed E-state index contributed by atoms with van der Waals surface area (Å²) in [7, 11) is 0. The van der Waals surface area contributed by atoms with Gasteiger partial charge in [0.2, 0.25) is 0 Å². The van der Waals surface area contributed by atoms with E-state index in [1.54, 1.807) is 0 Å². The zero-order valence-electron chi connectivity index (χ0n) is 22.0. The highest BCUT2D eigenvalue weighted by Crippen LogP contribution is 2.32. The second-order valence-corrected chi connectivity index (χ2v) is 9.41. The molecular formula is C26H36N2O12. The molecule has 0 aliphatic heterocycles. The lowest BCUT2D eigenvalue weighted by molar-refractivity contribution is -0.150. The van der Waals surface area contributed by atoms with Crippen LogP contribution in [-0.4, -0.2) is 110 Å². The fraction of sp³-hybridized carbons (Fsp3) is 0.462. The Hall–Kier alpha value is -3.66. The molecule has 14 nitrogen and oxygen atoms in total. The summed E-state index contributed by atoms with van der Waals surface area (Å²) in [5.74, 6) is -4.27. The molecule has 2 unspecified atom stereocenters. The van der Waals surface area contributed by atoms with Crippen molar-refractivity contribution in [3.8, 4) is 23.0 Å². The maximum absolute atomic E-state index is 12.1. The van der Waals surface area contributed by atoms with Crippen LogP contribution in [0.3, 0.4) is 0 Å². The summed E-state index contributed by atoms with van der Waals surface area (Å²) >= 11 is 0. The molecule has 4 atom stereocenters. The molecule has 2 rings (SSSR count). The Labute approximate surface area is 229 Å². The summed E-state index contributed by atoms with van der Waals surface area (Å²) in [6, 6.07) is -0.813. The number of phenolic OH excluding ortho intramolecular Hbond substituents is 2. The molecule has 0 saturated heterocycles. The molecule has 2 aromatic carbocycles. The molecule has 0 bridgehead atoms. The van der Waals surface area contributed by atoms with Crippen molar-refractivity contribution >= 4 is 11.9 Å².